The van der Waals surface area contributed by atoms with Gasteiger partial charge in [-0.1, -0.05) is 32.1 Å². The molecule has 0 amide bonds. The highest BCUT2D eigenvalue weighted by Gasteiger charge is 2.44. The van der Waals surface area contributed by atoms with E-state index in [9.17, 15) is 18.6 Å². The van der Waals surface area contributed by atoms with E-state index in [-0.39, 0.29) is 12.7 Å². The lowest BCUT2D eigenvalue weighted by atomic mass is 9.63. The van der Waals surface area contributed by atoms with E-state index >= 15 is 0 Å². The van der Waals surface area contributed by atoms with Crippen molar-refractivity contribution in [1.29, 1.82) is 0 Å². The molecular weight excluding hydrogens is 449 g/mol. The molecule has 1 heterocycles. The van der Waals surface area contributed by atoms with E-state index in [1.54, 1.807) is 0 Å². The van der Waals surface area contributed by atoms with Crippen molar-refractivity contribution in [3.8, 4) is 0 Å². The maximum absolute atomic E-state index is 11.8. The quantitative estimate of drug-likeness (QED) is 0.358. The molecule has 1 saturated heterocycles. The molecule has 170 valence electrons. The molecule has 3 fully saturated rings. The molecule has 29 heavy (non-hydrogen) atoms. The Hall–Kier alpha value is 0.370. The van der Waals surface area contributed by atoms with Crippen LogP contribution in [-0.2, 0) is 31.6 Å². The molecule has 2 saturated carbocycles. The standard InChI is InChI=1S/C15H29O11P3/c16-27(17,18)25-29(21,22)26-28(19,20)23-10-14-6-7-15(24-14)13-8-12(9-13)11-4-2-1-3-5-11/h11-15H,1-10H2,(H,19,20)(H,21,22)(H2,16,17,18)/t12?,13?,14?,15-/m1/s1. The van der Waals surface area contributed by atoms with Crippen molar-refractivity contribution in [2.45, 2.75) is 70.0 Å². The van der Waals surface area contributed by atoms with Gasteiger partial charge in [0.2, 0.25) is 0 Å². The molecule has 4 atom stereocenters. The molecule has 14 heteroatoms. The predicted octanol–water partition coefficient (Wildman–Crippen LogP) is 3.48. The third kappa shape index (κ3) is 7.48. The molecule has 0 aromatic rings. The molecule has 0 aromatic carbocycles. The van der Waals surface area contributed by atoms with Crippen molar-refractivity contribution in [1.82, 2.24) is 0 Å². The second-order valence-electron chi connectivity index (χ2n) is 8.15. The number of phosphoric acid groups is 3. The van der Waals surface area contributed by atoms with Crippen LogP contribution in [-0.4, -0.2) is 38.4 Å². The highest BCUT2D eigenvalue weighted by atomic mass is 31.3. The van der Waals surface area contributed by atoms with Gasteiger partial charge in [-0.05, 0) is 43.4 Å². The molecule has 3 aliphatic rings. The lowest BCUT2D eigenvalue weighted by molar-refractivity contribution is -0.0564. The fourth-order valence-corrected chi connectivity index (χ4v) is 7.74. The summed E-state index contributed by atoms with van der Waals surface area (Å²) in [5, 5.41) is 0. The van der Waals surface area contributed by atoms with Crippen molar-refractivity contribution in [2.75, 3.05) is 6.61 Å². The third-order valence-electron chi connectivity index (χ3n) is 6.03. The van der Waals surface area contributed by atoms with Crippen LogP contribution >= 0.6 is 23.5 Å². The van der Waals surface area contributed by atoms with Crippen molar-refractivity contribution >= 4 is 23.5 Å². The topological polar surface area (TPSA) is 169 Å². The Morgan fingerprint density at radius 2 is 1.41 bits per heavy atom. The molecule has 0 radical (unpaired) electrons. The van der Waals surface area contributed by atoms with Gasteiger partial charge in [-0.25, -0.2) is 13.7 Å². The Kier molecular flexibility index (Phi) is 7.85. The zero-order valence-electron chi connectivity index (χ0n) is 15.9. The number of phosphoric ester groups is 1. The molecule has 3 rings (SSSR count). The molecule has 0 aromatic heterocycles. The van der Waals surface area contributed by atoms with Crippen LogP contribution in [0.2, 0.25) is 0 Å². The lowest BCUT2D eigenvalue weighted by Gasteiger charge is -2.44. The first-order valence-corrected chi connectivity index (χ1v) is 14.4. The van der Waals surface area contributed by atoms with E-state index in [0.717, 1.165) is 31.1 Å². The van der Waals surface area contributed by atoms with Gasteiger partial charge in [0.15, 0.2) is 0 Å². The maximum atomic E-state index is 11.8. The van der Waals surface area contributed by atoms with Gasteiger partial charge in [-0.15, -0.1) is 0 Å². The number of ether oxygens (including phenoxy) is 1. The Morgan fingerprint density at radius 1 is 0.759 bits per heavy atom. The van der Waals surface area contributed by atoms with Crippen LogP contribution in [0.25, 0.3) is 0 Å². The van der Waals surface area contributed by atoms with Crippen molar-refractivity contribution < 1.29 is 51.2 Å². The summed E-state index contributed by atoms with van der Waals surface area (Å²) >= 11 is 0. The monoisotopic (exact) mass is 478 g/mol. The summed E-state index contributed by atoms with van der Waals surface area (Å²) < 4.78 is 51.6. The van der Waals surface area contributed by atoms with Gasteiger partial charge in [0.05, 0.1) is 18.8 Å². The molecule has 4 N–H and O–H groups in total. The van der Waals surface area contributed by atoms with E-state index in [1.807, 2.05) is 0 Å². The number of rotatable bonds is 9. The zero-order valence-corrected chi connectivity index (χ0v) is 18.6. The summed E-state index contributed by atoms with van der Waals surface area (Å²) in [7, 11) is -16.0. The average Bonchev–Trinajstić information content (AvgIpc) is 2.98. The molecule has 0 bridgehead atoms. The summed E-state index contributed by atoms with van der Waals surface area (Å²) in [6.45, 7) is -0.348. The second kappa shape index (κ2) is 9.47. The Morgan fingerprint density at radius 3 is 2.03 bits per heavy atom. The lowest BCUT2D eigenvalue weighted by Crippen LogP contribution is -2.38. The summed E-state index contributed by atoms with van der Waals surface area (Å²) in [6, 6.07) is 0. The first-order valence-electron chi connectivity index (χ1n) is 9.86. The minimum Gasteiger partial charge on any atom is -0.372 e. The molecule has 11 nitrogen and oxygen atoms in total. The summed E-state index contributed by atoms with van der Waals surface area (Å²) in [5.74, 6) is 2.10. The van der Waals surface area contributed by atoms with Crippen LogP contribution < -0.4 is 0 Å². The fraction of sp³-hybridized carbons (Fsp3) is 1.00. The van der Waals surface area contributed by atoms with Gasteiger partial charge >= 0.3 is 23.5 Å². The first kappa shape index (κ1) is 24.0. The zero-order chi connectivity index (χ0) is 21.3. The molecule has 3 unspecified atom stereocenters. The molecule has 2 aliphatic carbocycles. The van der Waals surface area contributed by atoms with Gasteiger partial charge in [-0.3, -0.25) is 4.52 Å². The van der Waals surface area contributed by atoms with Crippen molar-refractivity contribution in [2.24, 2.45) is 17.8 Å². The highest BCUT2D eigenvalue weighted by Crippen LogP contribution is 2.66. The molecular formula is C15H29O11P3. The van der Waals surface area contributed by atoms with E-state index in [0.29, 0.717) is 12.3 Å². The summed E-state index contributed by atoms with van der Waals surface area (Å²) in [4.78, 5) is 35.7. The van der Waals surface area contributed by atoms with Crippen LogP contribution in [0.3, 0.4) is 0 Å². The third-order valence-corrected chi connectivity index (χ3v) is 9.84. The maximum Gasteiger partial charge on any atom is 0.490 e. The van der Waals surface area contributed by atoms with Crippen molar-refractivity contribution in [3.05, 3.63) is 0 Å². The van der Waals surface area contributed by atoms with Crippen LogP contribution in [0.1, 0.15) is 57.8 Å². The van der Waals surface area contributed by atoms with Gasteiger partial charge in [0.1, 0.15) is 0 Å². The Balaban J connectivity index is 1.38. The van der Waals surface area contributed by atoms with Gasteiger partial charge in [0, 0.05) is 0 Å². The highest BCUT2D eigenvalue weighted by molar-refractivity contribution is 7.66. The molecule has 0 spiro atoms. The van der Waals surface area contributed by atoms with E-state index in [4.69, 9.17) is 19.4 Å². The van der Waals surface area contributed by atoms with E-state index in [2.05, 4.69) is 13.1 Å². The Labute approximate surface area is 169 Å². The summed E-state index contributed by atoms with van der Waals surface area (Å²) in [5.41, 5.74) is 0. The fourth-order valence-electron chi connectivity index (χ4n) is 4.69. The number of hydrogen-bond acceptors (Lipinski definition) is 7. The SMILES string of the molecule is O=P(O)(O)OP(=O)(O)OP(=O)(O)OCC1CC[C@H](C2CC(C3CCCCC3)C2)O1. The van der Waals surface area contributed by atoms with Gasteiger partial charge in [0.25, 0.3) is 0 Å². The van der Waals surface area contributed by atoms with E-state index in [1.165, 1.54) is 32.1 Å². The predicted molar refractivity (Wildman–Crippen MR) is 101 cm³/mol. The van der Waals surface area contributed by atoms with E-state index < -0.39 is 29.6 Å². The average molecular weight is 478 g/mol. The van der Waals surface area contributed by atoms with Gasteiger partial charge < -0.3 is 24.3 Å². The minimum absolute atomic E-state index is 0.0735. The van der Waals surface area contributed by atoms with Gasteiger partial charge in [-0.2, -0.15) is 8.62 Å². The smallest absolute Gasteiger partial charge is 0.372 e. The normalized spacial score (nSPS) is 35.6. The van der Waals surface area contributed by atoms with Crippen LogP contribution in [0.5, 0.6) is 0 Å². The number of hydrogen-bond donors (Lipinski definition) is 4. The second-order valence-corrected chi connectivity index (χ2v) is 12.6. The Bertz CT molecular complexity index is 698. The molecule has 1 aliphatic heterocycles. The first-order chi connectivity index (χ1) is 13.4. The summed E-state index contributed by atoms with van der Waals surface area (Å²) in [6.07, 6.45) is 9.99. The van der Waals surface area contributed by atoms with Crippen LogP contribution in [0.15, 0.2) is 0 Å². The van der Waals surface area contributed by atoms with Crippen LogP contribution in [0, 0.1) is 17.8 Å². The van der Waals surface area contributed by atoms with Crippen LogP contribution in [0.4, 0.5) is 0 Å². The minimum atomic E-state index is -5.48. The largest absolute Gasteiger partial charge is 0.490 e. The van der Waals surface area contributed by atoms with Crippen molar-refractivity contribution in [3.63, 3.8) is 0 Å².